The minimum atomic E-state index is -4.13. The van der Waals surface area contributed by atoms with E-state index in [1.54, 1.807) is 0 Å². The van der Waals surface area contributed by atoms with Crippen molar-refractivity contribution in [1.29, 1.82) is 0 Å². The van der Waals surface area contributed by atoms with Crippen molar-refractivity contribution < 1.29 is 46.4 Å². The second-order valence-electron chi connectivity index (χ2n) is 9.41. The highest BCUT2D eigenvalue weighted by Crippen LogP contribution is 2.32. The number of carboxylic acid groups (broad SMARTS) is 1. The Labute approximate surface area is 279 Å². The van der Waals surface area contributed by atoms with Crippen molar-refractivity contribution in [2.45, 2.75) is 9.79 Å². The predicted molar refractivity (Wildman–Crippen MR) is 172 cm³/mol. The van der Waals surface area contributed by atoms with E-state index in [0.29, 0.717) is 5.56 Å². The number of fused-ring (bicyclic) bond motifs is 1. The smallest absolute Gasteiger partial charge is 0.335 e. The molecule has 4 aromatic rings. The zero-order chi connectivity index (χ0) is 37.6. The molecule has 0 unspecified atom stereocenters. The minimum Gasteiger partial charge on any atom is -0.478 e. The molecule has 0 aliphatic carbocycles. The van der Waals surface area contributed by atoms with Gasteiger partial charge in [-0.2, -0.15) is 8.42 Å². The van der Waals surface area contributed by atoms with Crippen LogP contribution in [-0.2, 0) is 20.0 Å². The van der Waals surface area contributed by atoms with Crippen LogP contribution in [0.3, 0.4) is 0 Å². The molecule has 0 saturated carbocycles. The van der Waals surface area contributed by atoms with Crippen molar-refractivity contribution in [3.8, 4) is 0 Å². The fourth-order valence-corrected chi connectivity index (χ4v) is 5.57. The van der Waals surface area contributed by atoms with Gasteiger partial charge in [-0.25, -0.2) is 18.4 Å². The molecular weight excluding hydrogens is 712 g/mol. The summed E-state index contributed by atoms with van der Waals surface area (Å²) in [5.74, 6) is -1.11. The fraction of sp³-hybridized carbons (Fsp3) is 0. The molecule has 0 amide bonds. The highest BCUT2D eigenvalue weighted by atomic mass is 32.2. The van der Waals surface area contributed by atoms with Gasteiger partial charge in [0.2, 0.25) is 10.0 Å². The molecule has 5 rings (SSSR count). The highest BCUT2D eigenvalue weighted by molar-refractivity contribution is 7.90. The first-order valence-corrected chi connectivity index (χ1v) is 15.9. The Morgan fingerprint density at radius 3 is 1.62 bits per heavy atom. The average Bonchev–Trinajstić information content (AvgIpc) is 3.04. The van der Waals surface area contributed by atoms with Crippen molar-refractivity contribution in [2.75, 3.05) is 11.1 Å². The van der Waals surface area contributed by atoms with Gasteiger partial charge in [0.15, 0.2) is 5.84 Å². The molecule has 6 N–H and O–H groups in total. The van der Waals surface area contributed by atoms with Crippen LogP contribution in [0.4, 0.5) is 34.1 Å². The van der Waals surface area contributed by atoms with Crippen molar-refractivity contribution in [3.05, 3.63) is 137 Å². The Kier molecular flexibility index (Phi) is 11.2. The quantitative estimate of drug-likeness (QED) is 0.120. The lowest BCUT2D eigenvalue weighted by Gasteiger charge is -2.17. The molecule has 1 aliphatic rings. The van der Waals surface area contributed by atoms with Crippen LogP contribution >= 0.6 is 0 Å². The minimum absolute atomic E-state index is 0.0220. The van der Waals surface area contributed by atoms with E-state index in [2.05, 4.69) is 9.71 Å². The van der Waals surface area contributed by atoms with Gasteiger partial charge in [0.05, 0.1) is 36.6 Å². The Morgan fingerprint density at radius 2 is 1.16 bits per heavy atom. The molecule has 1 heterocycles. The number of anilines is 2. The molecule has 0 atom stereocenters. The number of benzene rings is 4. The summed E-state index contributed by atoms with van der Waals surface area (Å²) in [7, 11) is -8.15. The number of carbonyl (C=O) groups is 1. The number of nitro benzene ring substituents is 4. The number of primary sulfonamides is 1. The molecule has 0 aromatic heterocycles. The molecule has 50 heavy (non-hydrogen) atoms. The van der Waals surface area contributed by atoms with E-state index in [9.17, 15) is 62.1 Å². The van der Waals surface area contributed by atoms with Crippen LogP contribution in [0.15, 0.2) is 99.1 Å². The number of non-ortho nitro benzene ring substituents is 4. The van der Waals surface area contributed by atoms with Crippen LogP contribution < -0.4 is 16.2 Å². The lowest BCUT2D eigenvalue weighted by molar-refractivity contribution is -0.385. The summed E-state index contributed by atoms with van der Waals surface area (Å²) in [6.07, 6.45) is 0. The number of hydrogen-bond acceptors (Lipinski definition) is 15. The monoisotopic (exact) mass is 732 g/mol. The fourth-order valence-electron chi connectivity index (χ4n) is 3.74. The van der Waals surface area contributed by atoms with Gasteiger partial charge in [-0.3, -0.25) is 40.5 Å². The van der Waals surface area contributed by atoms with E-state index >= 15 is 0 Å². The van der Waals surface area contributed by atoms with Gasteiger partial charge in [-0.15, -0.1) is 4.40 Å². The Morgan fingerprint density at radius 1 is 0.720 bits per heavy atom. The zero-order valence-corrected chi connectivity index (χ0v) is 26.2. The number of nitro groups is 4. The summed E-state index contributed by atoms with van der Waals surface area (Å²) in [5, 5.41) is 57.9. The van der Waals surface area contributed by atoms with E-state index in [4.69, 9.17) is 16.0 Å². The normalized spacial score (nSPS) is 12.5. The molecule has 0 saturated heterocycles. The molecule has 0 spiro atoms. The van der Waals surface area contributed by atoms with E-state index in [1.165, 1.54) is 48.5 Å². The first kappa shape index (κ1) is 37.5. The zero-order valence-electron chi connectivity index (χ0n) is 24.5. The Bertz CT molecular complexity index is 2250. The number of amidine groups is 1. The summed E-state index contributed by atoms with van der Waals surface area (Å²) in [5.41, 5.74) is 4.70. The van der Waals surface area contributed by atoms with Gasteiger partial charge >= 0.3 is 5.97 Å². The molecular formula is C26H20N8O14S2. The molecule has 0 fully saturated rings. The Hall–Kier alpha value is -6.92. The van der Waals surface area contributed by atoms with Crippen LogP contribution in [-0.4, -0.2) is 53.4 Å². The first-order valence-electron chi connectivity index (χ1n) is 12.9. The van der Waals surface area contributed by atoms with Crippen molar-refractivity contribution in [2.24, 2.45) is 9.54 Å². The van der Waals surface area contributed by atoms with Crippen molar-refractivity contribution in [3.63, 3.8) is 0 Å². The Balaban J connectivity index is 0.000000222. The largest absolute Gasteiger partial charge is 0.478 e. The lowest BCUT2D eigenvalue weighted by Crippen LogP contribution is -2.22. The van der Waals surface area contributed by atoms with E-state index in [1.807, 2.05) is 0 Å². The van der Waals surface area contributed by atoms with Crippen LogP contribution in [0.1, 0.15) is 15.9 Å². The maximum Gasteiger partial charge on any atom is 0.335 e. The number of rotatable bonds is 7. The van der Waals surface area contributed by atoms with Gasteiger partial charge < -0.3 is 16.2 Å². The van der Waals surface area contributed by atoms with Crippen molar-refractivity contribution in [1.82, 2.24) is 0 Å². The van der Waals surface area contributed by atoms with Gasteiger partial charge in [0.25, 0.3) is 32.8 Å². The van der Waals surface area contributed by atoms with Crippen LogP contribution in [0.25, 0.3) is 0 Å². The standard InChI is InChI=1S/C13H8N4O6S.C7H5NO4.C6H7N3O4S/c18-16(19)9-3-1-8(2-4-9)13-14-11-6-5-10(17(20)21)7-12(11)24(22,23)15-13;9-7(10)5-1-3-6(4-2-5)8(11)12;7-5-2-1-4(9(10)11)3-6(5)14(8,12)13/h1-7H,(H,14,15);1-4H,(H,9,10);1-3H,7H2,(H2,8,12,13). The average molecular weight is 733 g/mol. The highest BCUT2D eigenvalue weighted by Gasteiger charge is 2.28. The molecule has 0 bridgehead atoms. The van der Waals surface area contributed by atoms with Gasteiger partial charge in [-0.1, -0.05) is 0 Å². The molecule has 4 aromatic carbocycles. The number of nitrogens with two attached hydrogens (primary N) is 2. The first-order chi connectivity index (χ1) is 23.2. The lowest BCUT2D eigenvalue weighted by atomic mass is 10.2. The molecule has 22 nitrogen and oxygen atoms in total. The second kappa shape index (κ2) is 14.9. The van der Waals surface area contributed by atoms with Crippen LogP contribution in [0.5, 0.6) is 0 Å². The van der Waals surface area contributed by atoms with E-state index in [-0.39, 0.29) is 50.4 Å². The van der Waals surface area contributed by atoms with Crippen LogP contribution in [0.2, 0.25) is 0 Å². The maximum absolute atomic E-state index is 12.2. The molecule has 1 aliphatic heterocycles. The van der Waals surface area contributed by atoms with Crippen molar-refractivity contribution >= 4 is 66.0 Å². The van der Waals surface area contributed by atoms with E-state index in [0.717, 1.165) is 36.4 Å². The summed E-state index contributed by atoms with van der Waals surface area (Å²) in [4.78, 5) is 48.9. The second-order valence-corrected chi connectivity index (χ2v) is 12.5. The third-order valence-electron chi connectivity index (χ3n) is 6.11. The summed E-state index contributed by atoms with van der Waals surface area (Å²) in [6.45, 7) is 0. The third-order valence-corrected chi connectivity index (χ3v) is 8.39. The van der Waals surface area contributed by atoms with E-state index < -0.39 is 50.6 Å². The van der Waals surface area contributed by atoms with Crippen LogP contribution in [0, 0.1) is 40.5 Å². The number of nitrogen functional groups attached to an aromatic ring is 1. The number of hydrogen-bond donors (Lipinski definition) is 4. The number of nitrogens with one attached hydrogen (secondary N) is 1. The SMILES string of the molecule is Nc1ccc([N+](=O)[O-])cc1S(N)(=O)=O.O=C(O)c1ccc([N+](=O)[O-])cc1.O=[N+]([O-])c1ccc(C2=NS(=O)(=O)c3cc([N+](=O)[O-])ccc3N2)cc1. The number of sulfonamides is 2. The molecule has 0 radical (unpaired) electrons. The third kappa shape index (κ3) is 9.33. The summed E-state index contributed by atoms with van der Waals surface area (Å²) >= 11 is 0. The van der Waals surface area contributed by atoms with Gasteiger partial charge in [0, 0.05) is 54.1 Å². The maximum atomic E-state index is 12.2. The predicted octanol–water partition coefficient (Wildman–Crippen LogP) is 3.18. The molecule has 24 heteroatoms. The number of nitrogens with zero attached hydrogens (tertiary/aromatic N) is 5. The number of aromatic carboxylic acids is 1. The van der Waals surface area contributed by atoms with Gasteiger partial charge in [-0.05, 0) is 36.4 Å². The summed E-state index contributed by atoms with van der Waals surface area (Å²) in [6, 6.07) is 16.3. The topological polar surface area (TPSA) is 355 Å². The number of carboxylic acids is 1. The van der Waals surface area contributed by atoms with Gasteiger partial charge in [0.1, 0.15) is 9.79 Å². The molecule has 260 valence electrons. The summed E-state index contributed by atoms with van der Waals surface area (Å²) < 4.78 is 49.9.